The molecule has 2 aromatic rings. The number of hydrogen-bond acceptors (Lipinski definition) is 5. The molecule has 1 unspecified atom stereocenters. The molecule has 6 atom stereocenters. The zero-order chi connectivity index (χ0) is 29.1. The van der Waals surface area contributed by atoms with Crippen LogP contribution in [0.3, 0.4) is 0 Å². The molecule has 6 rings (SSSR count). The molecule has 2 aromatic carbocycles. The summed E-state index contributed by atoms with van der Waals surface area (Å²) in [4.78, 5) is 48.7. The first-order valence-electron chi connectivity index (χ1n) is 14.4. The van der Waals surface area contributed by atoms with Crippen molar-refractivity contribution in [3.8, 4) is 0 Å². The number of nitrogens with zero attached hydrogens (tertiary/aromatic N) is 3. The summed E-state index contributed by atoms with van der Waals surface area (Å²) in [7, 11) is 0. The summed E-state index contributed by atoms with van der Waals surface area (Å²) in [5.41, 5.74) is 0.959. The molecule has 8 heteroatoms. The van der Waals surface area contributed by atoms with Gasteiger partial charge in [-0.25, -0.2) is 0 Å². The molecule has 214 valence electrons. The van der Waals surface area contributed by atoms with Crippen molar-refractivity contribution in [1.82, 2.24) is 4.90 Å². The van der Waals surface area contributed by atoms with Crippen molar-refractivity contribution in [3.05, 3.63) is 84.0 Å². The van der Waals surface area contributed by atoms with Crippen LogP contribution in [0.5, 0.6) is 0 Å². The zero-order valence-corrected chi connectivity index (χ0v) is 24.0. The second-order valence-corrected chi connectivity index (χ2v) is 11.8. The average molecular weight is 556 g/mol. The molecule has 0 aromatic heterocycles. The van der Waals surface area contributed by atoms with Gasteiger partial charge in [0.1, 0.15) is 11.6 Å². The molecule has 1 N–H and O–H groups in total. The number of aryl methyl sites for hydroxylation is 2. The van der Waals surface area contributed by atoms with Crippen molar-refractivity contribution in [2.75, 3.05) is 29.5 Å². The standard InChI is InChI=1S/C33H37N3O5/c1-5-23(20-37)36-28-31(40)35(27-21(2)12-9-13-22(27)3)19-11-17-33(28)26(30(36)39)25-29(38)34(24-14-7-6-8-15-24)18-10-16-32(25,4)41-33/h6-17,23,25-26,28,37H,5,18-20H2,1-4H3/t23-,25-,26-,28?,32+,33-/m0/s1. The Hall–Kier alpha value is -3.75. The van der Waals surface area contributed by atoms with Gasteiger partial charge in [-0.3, -0.25) is 14.4 Å². The van der Waals surface area contributed by atoms with E-state index >= 15 is 0 Å². The largest absolute Gasteiger partial charge is 0.394 e. The highest BCUT2D eigenvalue weighted by atomic mass is 16.5. The smallest absolute Gasteiger partial charge is 0.253 e. The Kier molecular flexibility index (Phi) is 6.66. The van der Waals surface area contributed by atoms with Crippen LogP contribution in [0.1, 0.15) is 31.4 Å². The highest BCUT2D eigenvalue weighted by molar-refractivity contribution is 6.08. The maximum Gasteiger partial charge on any atom is 0.253 e. The monoisotopic (exact) mass is 555 g/mol. The molecule has 4 aliphatic heterocycles. The van der Waals surface area contributed by atoms with Crippen LogP contribution in [0.25, 0.3) is 0 Å². The van der Waals surface area contributed by atoms with Crippen LogP contribution in [0.2, 0.25) is 0 Å². The minimum atomic E-state index is -1.37. The normalized spacial score (nSPS) is 31.6. The Morgan fingerprint density at radius 2 is 1.54 bits per heavy atom. The molecule has 4 heterocycles. The fourth-order valence-corrected chi connectivity index (χ4v) is 7.54. The van der Waals surface area contributed by atoms with E-state index in [4.69, 9.17) is 4.74 Å². The number of fused-ring (bicyclic) bond motifs is 2. The highest BCUT2D eigenvalue weighted by Crippen LogP contribution is 2.58. The van der Waals surface area contributed by atoms with Gasteiger partial charge in [-0.15, -0.1) is 0 Å². The molecule has 2 fully saturated rings. The van der Waals surface area contributed by atoms with E-state index in [0.717, 1.165) is 22.5 Å². The number of benzene rings is 2. The molecule has 8 nitrogen and oxygen atoms in total. The van der Waals surface area contributed by atoms with Gasteiger partial charge in [0.05, 0.1) is 30.1 Å². The first-order valence-corrected chi connectivity index (χ1v) is 14.4. The number of carbonyl (C=O) groups is 3. The Labute approximate surface area is 240 Å². The molecular weight excluding hydrogens is 518 g/mol. The lowest BCUT2D eigenvalue weighted by molar-refractivity contribution is -0.148. The van der Waals surface area contributed by atoms with Crippen LogP contribution in [0, 0.1) is 25.7 Å². The van der Waals surface area contributed by atoms with Gasteiger partial charge in [0.2, 0.25) is 11.8 Å². The van der Waals surface area contributed by atoms with Crippen LogP contribution < -0.4 is 9.80 Å². The van der Waals surface area contributed by atoms with E-state index in [1.54, 1.807) is 9.80 Å². The number of carbonyl (C=O) groups excluding carboxylic acids is 3. The highest BCUT2D eigenvalue weighted by Gasteiger charge is 2.75. The van der Waals surface area contributed by atoms with E-state index in [0.29, 0.717) is 19.5 Å². The Bertz CT molecular complexity index is 1430. The predicted molar refractivity (Wildman–Crippen MR) is 156 cm³/mol. The predicted octanol–water partition coefficient (Wildman–Crippen LogP) is 3.55. The summed E-state index contributed by atoms with van der Waals surface area (Å²) in [6.45, 7) is 8.02. The average Bonchev–Trinajstić information content (AvgIpc) is 3.23. The molecule has 0 aliphatic carbocycles. The Morgan fingerprint density at radius 3 is 2.20 bits per heavy atom. The van der Waals surface area contributed by atoms with Gasteiger partial charge < -0.3 is 24.5 Å². The molecule has 0 saturated carbocycles. The lowest BCUT2D eigenvalue weighted by Crippen LogP contribution is -2.59. The van der Waals surface area contributed by atoms with Gasteiger partial charge in [-0.05, 0) is 50.5 Å². The molecule has 0 radical (unpaired) electrons. The molecule has 3 amide bonds. The molecule has 1 spiro atoms. The van der Waals surface area contributed by atoms with Crippen molar-refractivity contribution >= 4 is 29.1 Å². The number of anilines is 2. The Morgan fingerprint density at radius 1 is 0.878 bits per heavy atom. The summed E-state index contributed by atoms with van der Waals surface area (Å²) >= 11 is 0. The number of aliphatic hydroxyl groups is 1. The van der Waals surface area contributed by atoms with E-state index < -0.39 is 35.1 Å². The molecule has 2 saturated heterocycles. The minimum Gasteiger partial charge on any atom is -0.394 e. The fraction of sp³-hybridized carbons (Fsp3) is 0.424. The summed E-state index contributed by atoms with van der Waals surface area (Å²) in [6, 6.07) is 13.7. The summed E-state index contributed by atoms with van der Waals surface area (Å²) in [5, 5.41) is 10.4. The van der Waals surface area contributed by atoms with Crippen LogP contribution in [-0.4, -0.2) is 70.7 Å². The van der Waals surface area contributed by atoms with E-state index in [1.165, 1.54) is 4.90 Å². The summed E-state index contributed by atoms with van der Waals surface area (Å²) in [5.74, 6) is -2.61. The molecular formula is C33H37N3O5. The number of aliphatic hydroxyl groups excluding tert-OH is 1. The topological polar surface area (TPSA) is 90.4 Å². The van der Waals surface area contributed by atoms with Crippen LogP contribution in [0.4, 0.5) is 11.4 Å². The van der Waals surface area contributed by atoms with Crippen LogP contribution in [-0.2, 0) is 19.1 Å². The van der Waals surface area contributed by atoms with E-state index in [1.807, 2.05) is 101 Å². The van der Waals surface area contributed by atoms with Crippen molar-refractivity contribution in [1.29, 1.82) is 0 Å². The van der Waals surface area contributed by atoms with Gasteiger partial charge in [0.25, 0.3) is 5.91 Å². The lowest BCUT2D eigenvalue weighted by Gasteiger charge is -2.40. The second kappa shape index (κ2) is 9.96. The number of ether oxygens (including phenoxy) is 1. The second-order valence-electron chi connectivity index (χ2n) is 11.8. The van der Waals surface area contributed by atoms with Crippen molar-refractivity contribution in [3.63, 3.8) is 0 Å². The van der Waals surface area contributed by atoms with Crippen LogP contribution in [0.15, 0.2) is 72.8 Å². The number of amides is 3. The van der Waals surface area contributed by atoms with E-state index in [2.05, 4.69) is 0 Å². The first-order chi connectivity index (χ1) is 19.7. The zero-order valence-electron chi connectivity index (χ0n) is 24.0. The molecule has 41 heavy (non-hydrogen) atoms. The van der Waals surface area contributed by atoms with Crippen LogP contribution >= 0.6 is 0 Å². The minimum absolute atomic E-state index is 0.215. The van der Waals surface area contributed by atoms with E-state index in [-0.39, 0.29) is 24.3 Å². The number of para-hydroxylation sites is 2. The third-order valence-corrected chi connectivity index (χ3v) is 9.35. The molecule has 4 aliphatic rings. The fourth-order valence-electron chi connectivity index (χ4n) is 7.54. The number of hydrogen-bond donors (Lipinski definition) is 1. The van der Waals surface area contributed by atoms with Crippen molar-refractivity contribution in [2.24, 2.45) is 11.8 Å². The Balaban J connectivity index is 1.52. The van der Waals surface area contributed by atoms with Gasteiger partial charge >= 0.3 is 0 Å². The van der Waals surface area contributed by atoms with E-state index in [9.17, 15) is 19.5 Å². The number of likely N-dealkylation sites (tertiary alicyclic amines) is 1. The maximum absolute atomic E-state index is 14.7. The first kappa shape index (κ1) is 27.4. The third kappa shape index (κ3) is 3.91. The van der Waals surface area contributed by atoms with Crippen molar-refractivity contribution < 1.29 is 24.2 Å². The summed E-state index contributed by atoms with van der Waals surface area (Å²) < 4.78 is 6.93. The SMILES string of the molecule is CC[C@@H](CO)N1C(=O)[C@@H]2[C@H]3C(=O)N(c4ccccc4)CC=C[C@@]3(C)O[C@@]23C=CCN(c2c(C)cccc2C)C(=O)C13. The summed E-state index contributed by atoms with van der Waals surface area (Å²) in [6.07, 6.45) is 7.99. The maximum atomic E-state index is 14.7. The van der Waals surface area contributed by atoms with Gasteiger partial charge in [-0.1, -0.05) is 67.6 Å². The van der Waals surface area contributed by atoms with Crippen molar-refractivity contribution in [2.45, 2.75) is 57.4 Å². The van der Waals surface area contributed by atoms with Gasteiger partial charge in [0, 0.05) is 24.5 Å². The van der Waals surface area contributed by atoms with Gasteiger partial charge in [-0.2, -0.15) is 0 Å². The molecule has 0 bridgehead atoms. The quantitative estimate of drug-likeness (QED) is 0.570. The number of rotatable bonds is 5. The van der Waals surface area contributed by atoms with Gasteiger partial charge in [0.15, 0.2) is 0 Å². The lowest BCUT2D eigenvalue weighted by atomic mass is 9.74. The third-order valence-electron chi connectivity index (χ3n) is 9.35.